The zero-order valence-corrected chi connectivity index (χ0v) is 17.4. The highest BCUT2D eigenvalue weighted by Gasteiger charge is 2.27. The molecule has 1 N–H and O–H groups in total. The molecule has 4 rings (SSSR count). The van der Waals surface area contributed by atoms with Crippen LogP contribution in [-0.4, -0.2) is 24.0 Å². The lowest BCUT2D eigenvalue weighted by molar-refractivity contribution is 0.551. The molecule has 0 amide bonds. The standard InChI is InChI=1S/C20H22FN3O2S2/c1-13-19(28(25,26)23-16-5-3-4-6-16)11-18(24(13)2)20-22-17(12-27-20)14-7-9-15(21)10-8-14/h7-12,16,23H,3-6H2,1-2H3. The second-order valence-electron chi connectivity index (χ2n) is 7.19. The fourth-order valence-electron chi connectivity index (χ4n) is 3.62. The van der Waals surface area contributed by atoms with Gasteiger partial charge in [0.25, 0.3) is 0 Å². The van der Waals surface area contributed by atoms with Crippen molar-refractivity contribution in [1.82, 2.24) is 14.3 Å². The topological polar surface area (TPSA) is 64.0 Å². The first-order valence-corrected chi connectivity index (χ1v) is 11.6. The van der Waals surface area contributed by atoms with Crippen molar-refractivity contribution in [2.45, 2.75) is 43.5 Å². The van der Waals surface area contributed by atoms with E-state index in [1.165, 1.54) is 23.5 Å². The van der Waals surface area contributed by atoms with E-state index < -0.39 is 10.0 Å². The maximum absolute atomic E-state index is 13.1. The summed E-state index contributed by atoms with van der Waals surface area (Å²) in [4.78, 5) is 4.94. The predicted molar refractivity (Wildman–Crippen MR) is 109 cm³/mol. The van der Waals surface area contributed by atoms with Gasteiger partial charge in [-0.3, -0.25) is 0 Å². The smallest absolute Gasteiger partial charge is 0.242 e. The quantitative estimate of drug-likeness (QED) is 0.663. The van der Waals surface area contributed by atoms with Crippen molar-refractivity contribution in [2.75, 3.05) is 0 Å². The van der Waals surface area contributed by atoms with Crippen molar-refractivity contribution in [2.24, 2.45) is 7.05 Å². The molecule has 0 radical (unpaired) electrons. The third-order valence-electron chi connectivity index (χ3n) is 5.32. The number of aromatic nitrogens is 2. The van der Waals surface area contributed by atoms with E-state index >= 15 is 0 Å². The van der Waals surface area contributed by atoms with Crippen LogP contribution in [0.3, 0.4) is 0 Å². The van der Waals surface area contributed by atoms with Gasteiger partial charge in [0.1, 0.15) is 15.7 Å². The fourth-order valence-corrected chi connectivity index (χ4v) is 6.09. The Labute approximate surface area is 168 Å². The summed E-state index contributed by atoms with van der Waals surface area (Å²) in [7, 11) is -1.72. The lowest BCUT2D eigenvalue weighted by Crippen LogP contribution is -2.32. The number of thiazole rings is 1. The van der Waals surface area contributed by atoms with Crippen LogP contribution in [0.4, 0.5) is 4.39 Å². The van der Waals surface area contributed by atoms with E-state index in [0.29, 0.717) is 10.6 Å². The summed E-state index contributed by atoms with van der Waals surface area (Å²) < 4.78 is 43.6. The van der Waals surface area contributed by atoms with E-state index in [4.69, 9.17) is 0 Å². The number of halogens is 1. The summed E-state index contributed by atoms with van der Waals surface area (Å²) in [5.41, 5.74) is 3.00. The van der Waals surface area contributed by atoms with Crippen LogP contribution in [0, 0.1) is 12.7 Å². The highest BCUT2D eigenvalue weighted by atomic mass is 32.2. The first-order chi connectivity index (χ1) is 13.3. The summed E-state index contributed by atoms with van der Waals surface area (Å²) in [6.07, 6.45) is 3.92. The third kappa shape index (κ3) is 3.64. The maximum atomic E-state index is 13.1. The third-order valence-corrected chi connectivity index (χ3v) is 7.82. The molecular weight excluding hydrogens is 397 g/mol. The summed E-state index contributed by atoms with van der Waals surface area (Å²) in [5, 5.41) is 2.63. The van der Waals surface area contributed by atoms with E-state index in [-0.39, 0.29) is 11.9 Å². The Hall–Kier alpha value is -2.03. The number of nitrogens with zero attached hydrogens (tertiary/aromatic N) is 2. The highest BCUT2D eigenvalue weighted by Crippen LogP contribution is 2.33. The molecule has 28 heavy (non-hydrogen) atoms. The Balaban J connectivity index is 1.66. The molecule has 1 fully saturated rings. The molecule has 0 saturated heterocycles. The van der Waals surface area contributed by atoms with Crippen LogP contribution in [0.15, 0.2) is 40.6 Å². The molecule has 0 bridgehead atoms. The summed E-state index contributed by atoms with van der Waals surface area (Å²) in [6, 6.07) is 7.90. The minimum atomic E-state index is -3.57. The van der Waals surface area contributed by atoms with E-state index in [9.17, 15) is 12.8 Å². The van der Waals surface area contributed by atoms with Gasteiger partial charge >= 0.3 is 0 Å². The van der Waals surface area contributed by atoms with E-state index in [0.717, 1.165) is 47.6 Å². The van der Waals surface area contributed by atoms with E-state index in [2.05, 4.69) is 9.71 Å². The van der Waals surface area contributed by atoms with Gasteiger partial charge in [0.2, 0.25) is 10.0 Å². The maximum Gasteiger partial charge on any atom is 0.242 e. The summed E-state index contributed by atoms with van der Waals surface area (Å²) in [6.45, 7) is 1.81. The first-order valence-electron chi connectivity index (χ1n) is 9.25. The van der Waals surface area contributed by atoms with Gasteiger partial charge in [0, 0.05) is 29.7 Å². The molecule has 3 aromatic rings. The lowest BCUT2D eigenvalue weighted by Gasteiger charge is -2.12. The molecule has 2 heterocycles. The molecule has 1 saturated carbocycles. The van der Waals surface area contributed by atoms with E-state index in [1.54, 1.807) is 25.1 Å². The number of hydrogen-bond donors (Lipinski definition) is 1. The molecule has 5 nitrogen and oxygen atoms in total. The number of benzene rings is 1. The Morgan fingerprint density at radius 1 is 1.21 bits per heavy atom. The van der Waals surface area contributed by atoms with Crippen LogP contribution in [0.5, 0.6) is 0 Å². The molecule has 0 aliphatic heterocycles. The zero-order valence-electron chi connectivity index (χ0n) is 15.8. The van der Waals surface area contributed by atoms with Crippen LogP contribution in [0.25, 0.3) is 22.0 Å². The fraction of sp³-hybridized carbons (Fsp3) is 0.350. The van der Waals surface area contributed by atoms with Gasteiger partial charge in [-0.2, -0.15) is 0 Å². The van der Waals surface area contributed by atoms with Crippen LogP contribution in [0.1, 0.15) is 31.4 Å². The average molecular weight is 420 g/mol. The molecule has 8 heteroatoms. The van der Waals surface area contributed by atoms with Gasteiger partial charge in [0.05, 0.1) is 11.4 Å². The number of rotatable bonds is 5. The minimum absolute atomic E-state index is 0.0259. The first kappa shape index (κ1) is 19.3. The van der Waals surface area contributed by atoms with Crippen molar-refractivity contribution in [3.63, 3.8) is 0 Å². The van der Waals surface area contributed by atoms with Crippen LogP contribution < -0.4 is 4.72 Å². The van der Waals surface area contributed by atoms with Crippen molar-refractivity contribution in [1.29, 1.82) is 0 Å². The highest BCUT2D eigenvalue weighted by molar-refractivity contribution is 7.89. The number of nitrogens with one attached hydrogen (secondary N) is 1. The average Bonchev–Trinajstić information content (AvgIpc) is 3.38. The lowest BCUT2D eigenvalue weighted by atomic mass is 10.2. The number of hydrogen-bond acceptors (Lipinski definition) is 4. The van der Waals surface area contributed by atoms with Crippen LogP contribution in [0.2, 0.25) is 0 Å². The molecule has 1 aliphatic rings. The van der Waals surface area contributed by atoms with Gasteiger partial charge < -0.3 is 4.57 Å². The van der Waals surface area contributed by atoms with Gasteiger partial charge in [-0.15, -0.1) is 11.3 Å². The normalized spacial score (nSPS) is 15.4. The summed E-state index contributed by atoms with van der Waals surface area (Å²) >= 11 is 1.44. The van der Waals surface area contributed by atoms with Gasteiger partial charge in [-0.25, -0.2) is 22.5 Å². The molecule has 0 spiro atoms. The zero-order chi connectivity index (χ0) is 19.9. The van der Waals surface area contributed by atoms with Crippen molar-refractivity contribution in [3.8, 4) is 22.0 Å². The SMILES string of the molecule is Cc1c(S(=O)(=O)NC2CCCC2)cc(-c2nc(-c3ccc(F)cc3)cs2)n1C. The number of sulfonamides is 1. The Bertz CT molecular complexity index is 1100. The van der Waals surface area contributed by atoms with E-state index in [1.807, 2.05) is 17.0 Å². The molecule has 0 unspecified atom stereocenters. The minimum Gasteiger partial charge on any atom is -0.345 e. The largest absolute Gasteiger partial charge is 0.345 e. The Morgan fingerprint density at radius 3 is 2.57 bits per heavy atom. The molecule has 2 aromatic heterocycles. The molecule has 1 aliphatic carbocycles. The Kier molecular flexibility index (Phi) is 5.11. The molecule has 148 valence electrons. The Morgan fingerprint density at radius 2 is 1.89 bits per heavy atom. The van der Waals surface area contributed by atoms with Gasteiger partial charge in [0.15, 0.2) is 0 Å². The molecule has 1 aromatic carbocycles. The van der Waals surface area contributed by atoms with Crippen molar-refractivity contribution < 1.29 is 12.8 Å². The van der Waals surface area contributed by atoms with Crippen LogP contribution >= 0.6 is 11.3 Å². The second kappa shape index (κ2) is 7.42. The van der Waals surface area contributed by atoms with Crippen LogP contribution in [-0.2, 0) is 17.1 Å². The second-order valence-corrected chi connectivity index (χ2v) is 9.73. The monoisotopic (exact) mass is 419 g/mol. The predicted octanol–water partition coefficient (Wildman–Crippen LogP) is 4.48. The molecular formula is C20H22FN3O2S2. The van der Waals surface area contributed by atoms with Crippen molar-refractivity contribution >= 4 is 21.4 Å². The molecule has 0 atom stereocenters. The summed E-state index contributed by atoms with van der Waals surface area (Å²) in [5.74, 6) is -0.290. The van der Waals surface area contributed by atoms with Crippen molar-refractivity contribution in [3.05, 3.63) is 47.2 Å². The van der Waals surface area contributed by atoms with Gasteiger partial charge in [-0.1, -0.05) is 12.8 Å². The van der Waals surface area contributed by atoms with Gasteiger partial charge in [-0.05, 0) is 50.1 Å².